The molecule has 0 saturated carbocycles. The molecule has 0 amide bonds. The lowest BCUT2D eigenvalue weighted by atomic mass is 10.1. The molecule has 0 radical (unpaired) electrons. The lowest BCUT2D eigenvalue weighted by molar-refractivity contribution is 0.672. The largest absolute Gasteiger partial charge is 0.455 e. The third kappa shape index (κ3) is 1.60. The summed E-state index contributed by atoms with van der Waals surface area (Å²) in [5, 5.41) is 5.03. The van der Waals surface area contributed by atoms with Crippen LogP contribution in [-0.2, 0) is 0 Å². The van der Waals surface area contributed by atoms with Crippen LogP contribution in [0, 0.1) is 0 Å². The summed E-state index contributed by atoms with van der Waals surface area (Å²) in [7, 11) is 0. The molecule has 0 spiro atoms. The Kier molecular flexibility index (Phi) is 2.38. The molecule has 0 aliphatic rings. The van der Waals surface area contributed by atoms with E-state index in [0.717, 1.165) is 31.8 Å². The number of furan rings is 1. The van der Waals surface area contributed by atoms with Gasteiger partial charge in [0.05, 0.1) is 5.02 Å². The summed E-state index contributed by atoms with van der Waals surface area (Å²) in [6.45, 7) is 0. The Morgan fingerprint density at radius 1 is 0.947 bits per heavy atom. The Balaban J connectivity index is 2.31. The predicted molar refractivity (Wildman–Crippen MR) is 83.9 cm³/mol. The summed E-state index contributed by atoms with van der Waals surface area (Å²) in [6.07, 6.45) is 0. The number of hydrogen-bond acceptors (Lipinski definition) is 1. The molecule has 0 aliphatic heterocycles. The van der Waals surface area contributed by atoms with Gasteiger partial charge in [-0.1, -0.05) is 57.9 Å². The smallest absolute Gasteiger partial charge is 0.143 e. The van der Waals surface area contributed by atoms with E-state index in [1.807, 2.05) is 24.3 Å². The van der Waals surface area contributed by atoms with Gasteiger partial charge in [0.2, 0.25) is 0 Å². The molecule has 3 aromatic carbocycles. The molecule has 92 valence electrons. The maximum atomic E-state index is 6.34. The average Bonchev–Trinajstić information content (AvgIpc) is 2.77. The van der Waals surface area contributed by atoms with Gasteiger partial charge in [-0.3, -0.25) is 0 Å². The van der Waals surface area contributed by atoms with E-state index in [1.54, 1.807) is 0 Å². The minimum Gasteiger partial charge on any atom is -0.455 e. The van der Waals surface area contributed by atoms with E-state index in [4.69, 9.17) is 16.0 Å². The summed E-state index contributed by atoms with van der Waals surface area (Å²) >= 11 is 9.79. The van der Waals surface area contributed by atoms with Crippen LogP contribution < -0.4 is 0 Å². The molecule has 1 heterocycles. The van der Waals surface area contributed by atoms with Gasteiger partial charge in [0, 0.05) is 20.6 Å². The fourth-order valence-electron chi connectivity index (χ4n) is 2.55. The number of halogens is 2. The quantitative estimate of drug-likeness (QED) is 0.376. The summed E-state index contributed by atoms with van der Waals surface area (Å²) in [6, 6.07) is 16.2. The van der Waals surface area contributed by atoms with Gasteiger partial charge in [-0.25, -0.2) is 0 Å². The number of hydrogen-bond donors (Lipinski definition) is 0. The van der Waals surface area contributed by atoms with Gasteiger partial charge in [0.25, 0.3) is 0 Å². The van der Waals surface area contributed by atoms with E-state index in [9.17, 15) is 0 Å². The highest BCUT2D eigenvalue weighted by molar-refractivity contribution is 9.10. The van der Waals surface area contributed by atoms with Crippen molar-refractivity contribution in [3.05, 3.63) is 58.0 Å². The molecule has 0 saturated heterocycles. The first kappa shape index (κ1) is 11.3. The van der Waals surface area contributed by atoms with Crippen molar-refractivity contribution in [3.63, 3.8) is 0 Å². The third-order valence-corrected chi connectivity index (χ3v) is 4.14. The number of fused-ring (bicyclic) bond motifs is 5. The number of benzene rings is 3. The van der Waals surface area contributed by atoms with Crippen molar-refractivity contribution in [1.82, 2.24) is 0 Å². The lowest BCUT2D eigenvalue weighted by Gasteiger charge is -1.97. The standard InChI is InChI=1S/C16H8BrClO/c17-10-7-13(18)15-12-6-5-9-3-1-2-4-11(9)16(12)19-14(15)8-10/h1-8H. The van der Waals surface area contributed by atoms with Crippen molar-refractivity contribution in [3.8, 4) is 0 Å². The van der Waals surface area contributed by atoms with E-state index >= 15 is 0 Å². The summed E-state index contributed by atoms with van der Waals surface area (Å²) < 4.78 is 6.94. The molecule has 3 heteroatoms. The number of rotatable bonds is 0. The second-order valence-corrected chi connectivity index (χ2v) is 5.85. The zero-order chi connectivity index (χ0) is 13.0. The Bertz CT molecular complexity index is 940. The van der Waals surface area contributed by atoms with Crippen molar-refractivity contribution in [2.45, 2.75) is 0 Å². The first-order valence-electron chi connectivity index (χ1n) is 5.93. The van der Waals surface area contributed by atoms with Crippen LogP contribution in [0.25, 0.3) is 32.7 Å². The molecule has 4 aromatic rings. The van der Waals surface area contributed by atoms with Gasteiger partial charge in [0.1, 0.15) is 11.2 Å². The molecule has 0 fully saturated rings. The minimum atomic E-state index is 0.707. The van der Waals surface area contributed by atoms with Crippen LogP contribution in [-0.4, -0.2) is 0 Å². The van der Waals surface area contributed by atoms with Crippen LogP contribution in [0.5, 0.6) is 0 Å². The average molecular weight is 332 g/mol. The topological polar surface area (TPSA) is 13.1 Å². The molecular weight excluding hydrogens is 324 g/mol. The van der Waals surface area contributed by atoms with E-state index in [-0.39, 0.29) is 0 Å². The van der Waals surface area contributed by atoms with E-state index in [0.29, 0.717) is 5.02 Å². The van der Waals surface area contributed by atoms with Gasteiger partial charge in [-0.2, -0.15) is 0 Å². The molecule has 1 nitrogen and oxygen atoms in total. The SMILES string of the molecule is Clc1cc(Br)cc2oc3c4ccccc4ccc3c12. The van der Waals surface area contributed by atoms with Gasteiger partial charge >= 0.3 is 0 Å². The molecule has 19 heavy (non-hydrogen) atoms. The first-order valence-corrected chi connectivity index (χ1v) is 7.10. The Hall–Kier alpha value is -1.51. The molecule has 0 unspecified atom stereocenters. The molecule has 0 aliphatic carbocycles. The maximum Gasteiger partial charge on any atom is 0.143 e. The van der Waals surface area contributed by atoms with Crippen molar-refractivity contribution in [2.75, 3.05) is 0 Å². The summed E-state index contributed by atoms with van der Waals surface area (Å²) in [5.74, 6) is 0. The summed E-state index contributed by atoms with van der Waals surface area (Å²) in [5.41, 5.74) is 1.71. The maximum absolute atomic E-state index is 6.34. The van der Waals surface area contributed by atoms with Gasteiger partial charge in [-0.15, -0.1) is 0 Å². The van der Waals surface area contributed by atoms with Gasteiger partial charge < -0.3 is 4.42 Å². The second kappa shape index (κ2) is 3.99. The second-order valence-electron chi connectivity index (χ2n) is 4.53. The predicted octanol–water partition coefficient (Wildman–Crippen LogP) is 6.16. The zero-order valence-electron chi connectivity index (χ0n) is 9.78. The van der Waals surface area contributed by atoms with Crippen LogP contribution in [0.3, 0.4) is 0 Å². The Labute approximate surface area is 122 Å². The molecular formula is C16H8BrClO. The van der Waals surface area contributed by atoms with Crippen LogP contribution >= 0.6 is 27.5 Å². The van der Waals surface area contributed by atoms with E-state index < -0.39 is 0 Å². The van der Waals surface area contributed by atoms with Crippen molar-refractivity contribution in [1.29, 1.82) is 0 Å². The molecule has 4 rings (SSSR count). The highest BCUT2D eigenvalue weighted by atomic mass is 79.9. The van der Waals surface area contributed by atoms with Crippen LogP contribution in [0.2, 0.25) is 5.02 Å². The highest BCUT2D eigenvalue weighted by Crippen LogP contribution is 2.38. The fourth-order valence-corrected chi connectivity index (χ4v) is 3.43. The minimum absolute atomic E-state index is 0.707. The third-order valence-electron chi connectivity index (χ3n) is 3.38. The normalized spacial score (nSPS) is 11.7. The van der Waals surface area contributed by atoms with Crippen molar-refractivity contribution in [2.24, 2.45) is 0 Å². The van der Waals surface area contributed by atoms with Crippen molar-refractivity contribution >= 4 is 60.2 Å². The van der Waals surface area contributed by atoms with Crippen molar-refractivity contribution < 1.29 is 4.42 Å². The highest BCUT2D eigenvalue weighted by Gasteiger charge is 2.13. The molecule has 0 atom stereocenters. The molecule has 0 bridgehead atoms. The Morgan fingerprint density at radius 3 is 2.68 bits per heavy atom. The van der Waals surface area contributed by atoms with E-state index in [1.165, 1.54) is 5.39 Å². The van der Waals surface area contributed by atoms with Gasteiger partial charge in [0.15, 0.2) is 0 Å². The monoisotopic (exact) mass is 330 g/mol. The van der Waals surface area contributed by atoms with E-state index in [2.05, 4.69) is 40.2 Å². The Morgan fingerprint density at radius 2 is 1.79 bits per heavy atom. The lowest BCUT2D eigenvalue weighted by Crippen LogP contribution is -1.73. The summed E-state index contributed by atoms with van der Waals surface area (Å²) in [4.78, 5) is 0. The fraction of sp³-hybridized carbons (Fsp3) is 0. The van der Waals surface area contributed by atoms with Crippen LogP contribution in [0.4, 0.5) is 0 Å². The van der Waals surface area contributed by atoms with Crippen LogP contribution in [0.15, 0.2) is 57.4 Å². The van der Waals surface area contributed by atoms with Gasteiger partial charge in [-0.05, 0) is 23.6 Å². The van der Waals surface area contributed by atoms with Crippen LogP contribution in [0.1, 0.15) is 0 Å². The zero-order valence-corrected chi connectivity index (χ0v) is 12.1. The first-order chi connectivity index (χ1) is 9.24. The molecule has 0 N–H and O–H groups in total. The molecule has 1 aromatic heterocycles.